The van der Waals surface area contributed by atoms with Crippen LogP contribution in [0.15, 0.2) is 72.8 Å². The highest BCUT2D eigenvalue weighted by atomic mass is 35.5. The topological polar surface area (TPSA) is 58.6 Å². The molecule has 4 rings (SSSR count). The average Bonchev–Trinajstić information content (AvgIpc) is 3.17. The van der Waals surface area contributed by atoms with E-state index in [1.54, 1.807) is 29.2 Å². The van der Waals surface area contributed by atoms with Crippen molar-refractivity contribution in [2.24, 2.45) is 0 Å². The summed E-state index contributed by atoms with van der Waals surface area (Å²) in [6, 6.07) is 21.7. The van der Waals surface area contributed by atoms with E-state index >= 15 is 0 Å². The summed E-state index contributed by atoms with van der Waals surface area (Å²) in [5.41, 5.74) is 3.00. The van der Waals surface area contributed by atoms with Gasteiger partial charge >= 0.3 is 0 Å². The van der Waals surface area contributed by atoms with E-state index in [1.165, 1.54) is 6.07 Å². The maximum absolute atomic E-state index is 12.7. The summed E-state index contributed by atoms with van der Waals surface area (Å²) in [4.78, 5) is 27.1. The first-order valence-corrected chi connectivity index (χ1v) is 9.66. The fourth-order valence-electron chi connectivity index (χ4n) is 3.34. The van der Waals surface area contributed by atoms with Gasteiger partial charge in [0.15, 0.2) is 6.61 Å². The van der Waals surface area contributed by atoms with Gasteiger partial charge in [0, 0.05) is 22.9 Å². The standard InChI is InChI=1S/C23H19ClN2O3/c24-17-10-11-21(19(14-17)23(28)25-18-7-2-1-3-8-18)29-15-22(27)26-13-12-16-6-4-5-9-20(16)26/h1-11,14H,12-13,15H2,(H,25,28). The Labute approximate surface area is 173 Å². The lowest BCUT2D eigenvalue weighted by Crippen LogP contribution is -2.33. The van der Waals surface area contributed by atoms with Crippen molar-refractivity contribution in [1.29, 1.82) is 0 Å². The number of amides is 2. The molecule has 2 amide bonds. The number of anilines is 2. The monoisotopic (exact) mass is 406 g/mol. The van der Waals surface area contributed by atoms with Crippen molar-refractivity contribution in [2.45, 2.75) is 6.42 Å². The van der Waals surface area contributed by atoms with Crippen LogP contribution in [0.4, 0.5) is 11.4 Å². The summed E-state index contributed by atoms with van der Waals surface area (Å²) in [5, 5.41) is 3.22. The van der Waals surface area contributed by atoms with Crippen LogP contribution in [-0.4, -0.2) is 25.0 Å². The zero-order valence-electron chi connectivity index (χ0n) is 15.6. The van der Waals surface area contributed by atoms with Crippen LogP contribution < -0.4 is 15.0 Å². The second-order valence-corrected chi connectivity index (χ2v) is 7.11. The van der Waals surface area contributed by atoms with Crippen molar-refractivity contribution >= 4 is 34.8 Å². The van der Waals surface area contributed by atoms with E-state index in [1.807, 2.05) is 42.5 Å². The number of fused-ring (bicyclic) bond motifs is 1. The van der Waals surface area contributed by atoms with E-state index in [9.17, 15) is 9.59 Å². The molecule has 1 aliphatic rings. The summed E-state index contributed by atoms with van der Waals surface area (Å²) < 4.78 is 5.73. The molecule has 0 unspecified atom stereocenters. The molecule has 3 aromatic rings. The van der Waals surface area contributed by atoms with Gasteiger partial charge in [0.1, 0.15) is 5.75 Å². The first-order chi connectivity index (χ1) is 14.1. The van der Waals surface area contributed by atoms with Crippen molar-refractivity contribution in [1.82, 2.24) is 0 Å². The van der Waals surface area contributed by atoms with Gasteiger partial charge in [0.05, 0.1) is 5.56 Å². The van der Waals surface area contributed by atoms with Crippen molar-refractivity contribution < 1.29 is 14.3 Å². The molecule has 0 spiro atoms. The van der Waals surface area contributed by atoms with Crippen molar-refractivity contribution in [3.8, 4) is 5.75 Å². The molecule has 0 aromatic heterocycles. The first-order valence-electron chi connectivity index (χ1n) is 9.29. The van der Waals surface area contributed by atoms with Gasteiger partial charge in [0.2, 0.25) is 0 Å². The van der Waals surface area contributed by atoms with Crippen LogP contribution in [0, 0.1) is 0 Å². The fourth-order valence-corrected chi connectivity index (χ4v) is 3.51. The van der Waals surface area contributed by atoms with Gasteiger partial charge in [-0.15, -0.1) is 0 Å². The summed E-state index contributed by atoms with van der Waals surface area (Å²) in [6.45, 7) is 0.463. The molecular weight excluding hydrogens is 388 g/mol. The Kier molecular flexibility index (Phi) is 5.49. The van der Waals surface area contributed by atoms with Crippen molar-refractivity contribution in [2.75, 3.05) is 23.4 Å². The highest BCUT2D eigenvalue weighted by Crippen LogP contribution is 2.28. The van der Waals surface area contributed by atoms with Crippen LogP contribution in [0.25, 0.3) is 0 Å². The van der Waals surface area contributed by atoms with Gasteiger partial charge in [0.25, 0.3) is 11.8 Å². The zero-order valence-corrected chi connectivity index (χ0v) is 16.4. The lowest BCUT2D eigenvalue weighted by Gasteiger charge is -2.18. The van der Waals surface area contributed by atoms with Crippen LogP contribution in [0.1, 0.15) is 15.9 Å². The minimum Gasteiger partial charge on any atom is -0.483 e. The third-order valence-electron chi connectivity index (χ3n) is 4.76. The van der Waals surface area contributed by atoms with E-state index in [0.29, 0.717) is 23.0 Å². The van der Waals surface area contributed by atoms with Crippen LogP contribution in [0.5, 0.6) is 5.75 Å². The summed E-state index contributed by atoms with van der Waals surface area (Å²) in [5.74, 6) is -0.198. The predicted octanol–water partition coefficient (Wildman–Crippen LogP) is 4.56. The van der Waals surface area contributed by atoms with Gasteiger partial charge < -0.3 is 15.0 Å². The smallest absolute Gasteiger partial charge is 0.264 e. The Morgan fingerprint density at radius 2 is 1.76 bits per heavy atom. The Morgan fingerprint density at radius 3 is 2.59 bits per heavy atom. The molecule has 5 nitrogen and oxygen atoms in total. The van der Waals surface area contributed by atoms with Crippen LogP contribution >= 0.6 is 11.6 Å². The molecule has 0 fully saturated rings. The number of rotatable bonds is 5. The van der Waals surface area contributed by atoms with Crippen molar-refractivity contribution in [3.63, 3.8) is 0 Å². The molecule has 0 saturated carbocycles. The summed E-state index contributed by atoms with van der Waals surface area (Å²) >= 11 is 6.08. The number of para-hydroxylation sites is 2. The number of hydrogen-bond acceptors (Lipinski definition) is 3. The highest BCUT2D eigenvalue weighted by Gasteiger charge is 2.25. The minimum atomic E-state index is -0.354. The summed E-state index contributed by atoms with van der Waals surface area (Å²) in [6.07, 6.45) is 0.827. The molecule has 146 valence electrons. The van der Waals surface area contributed by atoms with Gasteiger partial charge in [-0.1, -0.05) is 48.0 Å². The second kappa shape index (κ2) is 8.37. The number of carbonyl (C=O) groups is 2. The average molecular weight is 407 g/mol. The molecule has 6 heteroatoms. The van der Waals surface area contributed by atoms with Gasteiger partial charge in [-0.25, -0.2) is 0 Å². The second-order valence-electron chi connectivity index (χ2n) is 6.67. The molecule has 0 bridgehead atoms. The van der Waals surface area contributed by atoms with E-state index in [4.69, 9.17) is 16.3 Å². The number of carbonyl (C=O) groups excluding carboxylic acids is 2. The molecule has 0 aliphatic carbocycles. The van der Waals surface area contributed by atoms with Crippen LogP contribution in [0.3, 0.4) is 0 Å². The third-order valence-corrected chi connectivity index (χ3v) is 4.99. The maximum atomic E-state index is 12.7. The highest BCUT2D eigenvalue weighted by molar-refractivity contribution is 6.31. The molecular formula is C23H19ClN2O3. The molecule has 3 aromatic carbocycles. The van der Waals surface area contributed by atoms with Crippen LogP contribution in [0.2, 0.25) is 5.02 Å². The fraction of sp³-hybridized carbons (Fsp3) is 0.130. The number of hydrogen-bond donors (Lipinski definition) is 1. The molecule has 1 N–H and O–H groups in total. The number of benzene rings is 3. The molecule has 0 radical (unpaired) electrons. The van der Waals surface area contributed by atoms with E-state index < -0.39 is 0 Å². The lowest BCUT2D eigenvalue weighted by atomic mass is 10.1. The predicted molar refractivity (Wildman–Crippen MR) is 114 cm³/mol. The molecule has 1 aliphatic heterocycles. The number of ether oxygens (including phenoxy) is 1. The van der Waals surface area contributed by atoms with E-state index in [0.717, 1.165) is 17.7 Å². The number of halogens is 1. The Hall–Kier alpha value is -3.31. The normalized spacial score (nSPS) is 12.4. The number of nitrogens with zero attached hydrogens (tertiary/aromatic N) is 1. The molecule has 0 atom stereocenters. The Balaban J connectivity index is 1.48. The largest absolute Gasteiger partial charge is 0.483 e. The zero-order chi connectivity index (χ0) is 20.2. The quantitative estimate of drug-likeness (QED) is 0.675. The first kappa shape index (κ1) is 19.0. The van der Waals surface area contributed by atoms with E-state index in [-0.39, 0.29) is 24.0 Å². The van der Waals surface area contributed by atoms with Gasteiger partial charge in [-0.2, -0.15) is 0 Å². The molecule has 29 heavy (non-hydrogen) atoms. The Bertz CT molecular complexity index is 1050. The molecule has 0 saturated heterocycles. The molecule has 1 heterocycles. The SMILES string of the molecule is O=C(Nc1ccccc1)c1cc(Cl)ccc1OCC(=O)N1CCc2ccccc21. The van der Waals surface area contributed by atoms with Crippen molar-refractivity contribution in [3.05, 3.63) is 88.9 Å². The van der Waals surface area contributed by atoms with E-state index in [2.05, 4.69) is 5.32 Å². The lowest BCUT2D eigenvalue weighted by molar-refractivity contribution is -0.120. The van der Waals surface area contributed by atoms with Gasteiger partial charge in [-0.3, -0.25) is 9.59 Å². The van der Waals surface area contributed by atoms with Gasteiger partial charge in [-0.05, 0) is 48.4 Å². The third kappa shape index (κ3) is 4.25. The summed E-state index contributed by atoms with van der Waals surface area (Å²) in [7, 11) is 0. The van der Waals surface area contributed by atoms with Crippen LogP contribution in [-0.2, 0) is 11.2 Å². The Morgan fingerprint density at radius 1 is 1.00 bits per heavy atom. The minimum absolute atomic E-state index is 0.153. The number of nitrogens with one attached hydrogen (secondary N) is 1. The maximum Gasteiger partial charge on any atom is 0.264 e.